The second-order valence-electron chi connectivity index (χ2n) is 7.18. The van der Waals surface area contributed by atoms with Crippen LogP contribution in [-0.2, 0) is 9.53 Å². The van der Waals surface area contributed by atoms with E-state index in [9.17, 15) is 19.2 Å². The van der Waals surface area contributed by atoms with E-state index in [-0.39, 0.29) is 40.4 Å². The first-order valence-electron chi connectivity index (χ1n) is 8.23. The van der Waals surface area contributed by atoms with Gasteiger partial charge in [0, 0.05) is 27.7 Å². The number of benzene rings is 2. The lowest BCUT2D eigenvalue weighted by Gasteiger charge is -2.20. The highest BCUT2D eigenvalue weighted by Crippen LogP contribution is 2.29. The molecular weight excluding hydrogens is 332 g/mol. The molecule has 0 radical (unpaired) electrons. The van der Waals surface area contributed by atoms with Gasteiger partial charge < -0.3 is 4.74 Å². The van der Waals surface area contributed by atoms with E-state index in [0.29, 0.717) is 5.56 Å². The Hall–Kier alpha value is -3.08. The molecule has 1 aliphatic carbocycles. The molecule has 0 aliphatic heterocycles. The van der Waals surface area contributed by atoms with Crippen molar-refractivity contribution in [3.8, 4) is 0 Å². The van der Waals surface area contributed by atoms with E-state index in [1.54, 1.807) is 45.0 Å². The molecule has 5 nitrogen and oxygen atoms in total. The van der Waals surface area contributed by atoms with Crippen molar-refractivity contribution in [3.63, 3.8) is 0 Å². The lowest BCUT2D eigenvalue weighted by molar-refractivity contribution is -0.129. The number of fused-ring (bicyclic) bond motifs is 2. The van der Waals surface area contributed by atoms with Crippen molar-refractivity contribution >= 4 is 23.3 Å². The largest absolute Gasteiger partial charge is 0.454 e. The van der Waals surface area contributed by atoms with Gasteiger partial charge in [-0.2, -0.15) is 0 Å². The molecule has 0 atom stereocenters. The van der Waals surface area contributed by atoms with Crippen LogP contribution in [0, 0.1) is 5.41 Å². The predicted molar refractivity (Wildman–Crippen MR) is 94.5 cm³/mol. The third-order valence-electron chi connectivity index (χ3n) is 4.34. The Morgan fingerprint density at radius 1 is 0.846 bits per heavy atom. The minimum absolute atomic E-state index is 0.00272. The summed E-state index contributed by atoms with van der Waals surface area (Å²) in [6.45, 7) is 4.80. The van der Waals surface area contributed by atoms with Gasteiger partial charge in [0.05, 0.1) is 5.56 Å². The van der Waals surface area contributed by atoms with Gasteiger partial charge in [-0.25, -0.2) is 4.79 Å². The second kappa shape index (κ2) is 6.33. The van der Waals surface area contributed by atoms with Crippen molar-refractivity contribution < 1.29 is 23.9 Å². The van der Waals surface area contributed by atoms with E-state index in [2.05, 4.69) is 0 Å². The minimum Gasteiger partial charge on any atom is -0.454 e. The monoisotopic (exact) mass is 350 g/mol. The molecule has 26 heavy (non-hydrogen) atoms. The van der Waals surface area contributed by atoms with E-state index >= 15 is 0 Å². The van der Waals surface area contributed by atoms with Gasteiger partial charge in [0.15, 0.2) is 24.0 Å². The molecule has 0 fully saturated rings. The first kappa shape index (κ1) is 17.7. The van der Waals surface area contributed by atoms with E-state index in [1.807, 2.05) is 0 Å². The molecule has 5 heteroatoms. The van der Waals surface area contributed by atoms with Crippen molar-refractivity contribution in [2.24, 2.45) is 5.41 Å². The smallest absolute Gasteiger partial charge is 0.339 e. The quantitative estimate of drug-likeness (QED) is 0.678. The van der Waals surface area contributed by atoms with Gasteiger partial charge in [0.2, 0.25) is 0 Å². The summed E-state index contributed by atoms with van der Waals surface area (Å²) in [4.78, 5) is 50.0. The molecular formula is C21H18O5. The number of hydrogen-bond acceptors (Lipinski definition) is 5. The topological polar surface area (TPSA) is 77.5 Å². The fraction of sp³-hybridized carbons (Fsp3) is 0.238. The molecule has 1 aliphatic rings. The van der Waals surface area contributed by atoms with Crippen molar-refractivity contribution in [1.29, 1.82) is 0 Å². The number of esters is 1. The van der Waals surface area contributed by atoms with Gasteiger partial charge in [0.1, 0.15) is 0 Å². The molecule has 3 rings (SSSR count). The summed E-state index contributed by atoms with van der Waals surface area (Å²) < 4.78 is 5.10. The Morgan fingerprint density at radius 2 is 1.42 bits per heavy atom. The molecule has 0 N–H and O–H groups in total. The average Bonchev–Trinajstić information content (AvgIpc) is 2.62. The van der Waals surface area contributed by atoms with Crippen LogP contribution in [0.15, 0.2) is 42.5 Å². The number of ketones is 3. The summed E-state index contributed by atoms with van der Waals surface area (Å²) in [5.41, 5.74) is 0.141. The van der Waals surface area contributed by atoms with E-state index < -0.39 is 17.2 Å². The van der Waals surface area contributed by atoms with Gasteiger partial charge in [-0.1, -0.05) is 57.2 Å². The summed E-state index contributed by atoms with van der Waals surface area (Å²) >= 11 is 0. The second-order valence-corrected chi connectivity index (χ2v) is 7.18. The molecule has 0 amide bonds. The number of carbonyl (C=O) groups excluding carboxylic acids is 4. The first-order valence-corrected chi connectivity index (χ1v) is 8.23. The molecule has 132 valence electrons. The Balaban J connectivity index is 1.97. The summed E-state index contributed by atoms with van der Waals surface area (Å²) in [7, 11) is 0. The van der Waals surface area contributed by atoms with Crippen molar-refractivity contribution in [1.82, 2.24) is 0 Å². The zero-order valence-corrected chi connectivity index (χ0v) is 14.8. The molecule has 0 saturated carbocycles. The number of Topliss-reactive ketones (excluding diaryl/α,β-unsaturated/α-hetero) is 1. The van der Waals surface area contributed by atoms with Crippen LogP contribution in [0.5, 0.6) is 0 Å². The van der Waals surface area contributed by atoms with E-state index in [4.69, 9.17) is 4.74 Å². The fourth-order valence-corrected chi connectivity index (χ4v) is 2.74. The van der Waals surface area contributed by atoms with Crippen LogP contribution in [0.1, 0.15) is 63.0 Å². The Labute approximate surface area is 151 Å². The highest BCUT2D eigenvalue weighted by atomic mass is 16.5. The molecule has 0 unspecified atom stereocenters. The predicted octanol–water partition coefficient (Wildman–Crippen LogP) is 3.23. The molecule has 0 saturated heterocycles. The highest BCUT2D eigenvalue weighted by molar-refractivity contribution is 6.30. The molecule has 0 bridgehead atoms. The standard InChI is InChI=1S/C21H18O5/c1-21(2,3)16(22)11-26-20(25)15-10-6-9-14-17(15)19(24)13-8-5-4-7-12(13)18(14)23/h4-10H,11H2,1-3H3. The number of ether oxygens (including phenoxy) is 1. The maximum atomic E-state index is 12.8. The normalized spacial score (nSPS) is 13.0. The third kappa shape index (κ3) is 2.96. The molecule has 0 aromatic heterocycles. The Bertz CT molecular complexity index is 947. The summed E-state index contributed by atoms with van der Waals surface area (Å²) in [6, 6.07) is 11.0. The van der Waals surface area contributed by atoms with E-state index in [0.717, 1.165) is 0 Å². The van der Waals surface area contributed by atoms with Crippen molar-refractivity contribution in [3.05, 3.63) is 70.3 Å². The Kier molecular flexibility index (Phi) is 4.32. The van der Waals surface area contributed by atoms with Gasteiger partial charge in [-0.05, 0) is 6.07 Å². The molecule has 0 heterocycles. The first-order chi connectivity index (χ1) is 12.2. The van der Waals surface area contributed by atoms with Crippen LogP contribution >= 0.6 is 0 Å². The Morgan fingerprint density at radius 3 is 2.04 bits per heavy atom. The summed E-state index contributed by atoms with van der Waals surface area (Å²) in [5, 5.41) is 0. The van der Waals surface area contributed by atoms with Crippen LogP contribution < -0.4 is 0 Å². The zero-order valence-electron chi connectivity index (χ0n) is 14.8. The SMILES string of the molecule is CC(C)(C)C(=O)COC(=O)c1cccc2c1C(=O)c1ccccc1C2=O. The van der Waals surface area contributed by atoms with Crippen LogP contribution in [0.25, 0.3) is 0 Å². The van der Waals surface area contributed by atoms with Gasteiger partial charge in [-0.3, -0.25) is 14.4 Å². The highest BCUT2D eigenvalue weighted by Gasteiger charge is 2.33. The molecule has 0 spiro atoms. The minimum atomic E-state index is -0.792. The van der Waals surface area contributed by atoms with Gasteiger partial charge in [0.25, 0.3) is 0 Å². The summed E-state index contributed by atoms with van der Waals surface area (Å²) in [6.07, 6.45) is 0. The van der Waals surface area contributed by atoms with Crippen LogP contribution in [0.3, 0.4) is 0 Å². The van der Waals surface area contributed by atoms with Gasteiger partial charge in [-0.15, -0.1) is 0 Å². The van der Waals surface area contributed by atoms with Crippen LogP contribution in [0.4, 0.5) is 0 Å². The number of hydrogen-bond donors (Lipinski definition) is 0. The van der Waals surface area contributed by atoms with Crippen LogP contribution in [-0.4, -0.2) is 29.9 Å². The number of carbonyl (C=O) groups is 4. The van der Waals surface area contributed by atoms with E-state index in [1.165, 1.54) is 18.2 Å². The van der Waals surface area contributed by atoms with Gasteiger partial charge >= 0.3 is 5.97 Å². The lowest BCUT2D eigenvalue weighted by Crippen LogP contribution is -2.28. The van der Waals surface area contributed by atoms with Crippen LogP contribution in [0.2, 0.25) is 0 Å². The molecule has 2 aromatic rings. The maximum absolute atomic E-state index is 12.8. The lowest BCUT2D eigenvalue weighted by atomic mass is 9.82. The van der Waals surface area contributed by atoms with Crippen molar-refractivity contribution in [2.45, 2.75) is 20.8 Å². The maximum Gasteiger partial charge on any atom is 0.339 e. The third-order valence-corrected chi connectivity index (χ3v) is 4.34. The van der Waals surface area contributed by atoms with Crippen molar-refractivity contribution in [2.75, 3.05) is 6.61 Å². The zero-order chi connectivity index (χ0) is 19.1. The molecule has 2 aromatic carbocycles. The fourth-order valence-electron chi connectivity index (χ4n) is 2.74. The summed E-state index contributed by atoms with van der Waals surface area (Å²) in [5.74, 6) is -1.73. The average molecular weight is 350 g/mol. The number of rotatable bonds is 3.